The van der Waals surface area contributed by atoms with Crippen molar-refractivity contribution >= 4 is 28.3 Å². The molecule has 19 heavy (non-hydrogen) atoms. The molecule has 0 spiro atoms. The van der Waals surface area contributed by atoms with Gasteiger partial charge in [0, 0.05) is 29.5 Å². The maximum Gasteiger partial charge on any atom is 0.226 e. The van der Waals surface area contributed by atoms with Gasteiger partial charge in [0.25, 0.3) is 0 Å². The second-order valence-corrected chi connectivity index (χ2v) is 6.67. The normalized spacial score (nSPS) is 11.2. The molecule has 0 aliphatic carbocycles. The fourth-order valence-corrected chi connectivity index (χ4v) is 1.99. The third-order valence-corrected chi connectivity index (χ3v) is 3.24. The summed E-state index contributed by atoms with van der Waals surface area (Å²) in [5, 5.41) is 6.18. The van der Waals surface area contributed by atoms with E-state index in [1.807, 2.05) is 27.7 Å². The summed E-state index contributed by atoms with van der Waals surface area (Å²) in [5.74, 6) is -0.0668. The molecule has 0 fully saturated rings. The molecule has 6 heteroatoms. The van der Waals surface area contributed by atoms with Crippen molar-refractivity contribution in [2.24, 2.45) is 5.41 Å². The molecule has 0 aromatic carbocycles. The van der Waals surface area contributed by atoms with E-state index in [0.717, 1.165) is 4.88 Å². The van der Waals surface area contributed by atoms with Crippen LogP contribution in [0.15, 0.2) is 6.20 Å². The van der Waals surface area contributed by atoms with Crippen molar-refractivity contribution in [3.8, 4) is 0 Å². The number of hydrogen-bond acceptors (Lipinski definition) is 4. The molecule has 1 rings (SSSR count). The van der Waals surface area contributed by atoms with E-state index in [4.69, 9.17) is 0 Å². The summed E-state index contributed by atoms with van der Waals surface area (Å²) in [6.07, 6.45) is 2.73. The number of rotatable bonds is 5. The van der Waals surface area contributed by atoms with E-state index in [-0.39, 0.29) is 17.2 Å². The minimum atomic E-state index is -0.388. The van der Waals surface area contributed by atoms with Crippen molar-refractivity contribution in [1.29, 1.82) is 0 Å². The van der Waals surface area contributed by atoms with Crippen molar-refractivity contribution in [3.63, 3.8) is 0 Å². The fourth-order valence-electron chi connectivity index (χ4n) is 1.31. The first-order valence-corrected chi connectivity index (χ1v) is 7.11. The highest BCUT2D eigenvalue weighted by Crippen LogP contribution is 2.16. The van der Waals surface area contributed by atoms with Crippen molar-refractivity contribution < 1.29 is 9.59 Å². The second-order valence-electron chi connectivity index (χ2n) is 5.43. The second kappa shape index (κ2) is 6.65. The molecule has 5 nitrogen and oxygen atoms in total. The van der Waals surface area contributed by atoms with Crippen molar-refractivity contribution in [2.45, 2.75) is 40.5 Å². The fraction of sp³-hybridized carbons (Fsp3) is 0.615. The quantitative estimate of drug-likeness (QED) is 0.815. The maximum atomic E-state index is 11.6. The van der Waals surface area contributed by atoms with E-state index in [9.17, 15) is 9.59 Å². The predicted molar refractivity (Wildman–Crippen MR) is 77.2 cm³/mol. The van der Waals surface area contributed by atoms with Crippen molar-refractivity contribution in [3.05, 3.63) is 11.1 Å². The van der Waals surface area contributed by atoms with E-state index < -0.39 is 0 Å². The van der Waals surface area contributed by atoms with Crippen LogP contribution in [0.5, 0.6) is 0 Å². The number of anilines is 1. The van der Waals surface area contributed by atoms with Crippen LogP contribution in [0.25, 0.3) is 0 Å². The van der Waals surface area contributed by atoms with Gasteiger partial charge in [0.1, 0.15) is 0 Å². The van der Waals surface area contributed by atoms with E-state index in [0.29, 0.717) is 24.5 Å². The monoisotopic (exact) mass is 283 g/mol. The summed E-state index contributed by atoms with van der Waals surface area (Å²) < 4.78 is 0. The molecular formula is C13H21N3O2S. The van der Waals surface area contributed by atoms with Gasteiger partial charge in [-0.25, -0.2) is 4.98 Å². The van der Waals surface area contributed by atoms with E-state index in [1.54, 1.807) is 6.20 Å². The SMILES string of the molecule is Cc1cnc(NC(=O)CCCNC(=O)C(C)(C)C)s1. The summed E-state index contributed by atoms with van der Waals surface area (Å²) in [5.41, 5.74) is -0.388. The number of hydrogen-bond donors (Lipinski definition) is 2. The topological polar surface area (TPSA) is 71.1 Å². The molecule has 1 heterocycles. The molecule has 0 saturated heterocycles. The van der Waals surface area contributed by atoms with Crippen LogP contribution in [0.3, 0.4) is 0 Å². The van der Waals surface area contributed by atoms with Gasteiger partial charge in [0.05, 0.1) is 0 Å². The molecule has 0 aliphatic rings. The van der Waals surface area contributed by atoms with E-state index in [2.05, 4.69) is 15.6 Å². The molecule has 106 valence electrons. The summed E-state index contributed by atoms with van der Waals surface area (Å²) in [7, 11) is 0. The van der Waals surface area contributed by atoms with E-state index >= 15 is 0 Å². The molecule has 1 aromatic heterocycles. The smallest absolute Gasteiger partial charge is 0.226 e. The lowest BCUT2D eigenvalue weighted by Crippen LogP contribution is -2.35. The van der Waals surface area contributed by atoms with Gasteiger partial charge < -0.3 is 10.6 Å². The molecule has 0 saturated carbocycles. The van der Waals surface area contributed by atoms with Crippen LogP contribution in [0.1, 0.15) is 38.5 Å². The van der Waals surface area contributed by atoms with Crippen LogP contribution in [-0.2, 0) is 9.59 Å². The minimum absolute atomic E-state index is 0.00320. The zero-order chi connectivity index (χ0) is 14.5. The number of aryl methyl sites for hydroxylation is 1. The molecule has 1 aromatic rings. The Morgan fingerprint density at radius 2 is 2.05 bits per heavy atom. The first-order valence-electron chi connectivity index (χ1n) is 6.29. The molecule has 0 atom stereocenters. The Balaban J connectivity index is 2.19. The average molecular weight is 283 g/mol. The highest BCUT2D eigenvalue weighted by Gasteiger charge is 2.20. The molecule has 0 radical (unpaired) electrons. The van der Waals surface area contributed by atoms with Gasteiger partial charge in [-0.05, 0) is 13.3 Å². The molecular weight excluding hydrogens is 262 g/mol. The Morgan fingerprint density at radius 1 is 1.37 bits per heavy atom. The molecule has 0 aliphatic heterocycles. The van der Waals surface area contributed by atoms with Crippen molar-refractivity contribution in [2.75, 3.05) is 11.9 Å². The predicted octanol–water partition coefficient (Wildman–Crippen LogP) is 2.33. The van der Waals surface area contributed by atoms with Gasteiger partial charge in [-0.3, -0.25) is 9.59 Å². The van der Waals surface area contributed by atoms with Crippen LogP contribution in [-0.4, -0.2) is 23.3 Å². The Kier molecular flexibility index (Phi) is 5.47. The number of amides is 2. The van der Waals surface area contributed by atoms with Gasteiger partial charge in [-0.15, -0.1) is 11.3 Å². The number of carbonyl (C=O) groups is 2. The Bertz CT molecular complexity index is 449. The zero-order valence-corrected chi connectivity index (χ0v) is 12.7. The number of nitrogens with zero attached hydrogens (tertiary/aromatic N) is 1. The third-order valence-electron chi connectivity index (χ3n) is 2.41. The zero-order valence-electron chi connectivity index (χ0n) is 11.9. The summed E-state index contributed by atoms with van der Waals surface area (Å²) in [4.78, 5) is 28.3. The maximum absolute atomic E-state index is 11.6. The summed E-state index contributed by atoms with van der Waals surface area (Å²) in [6.45, 7) is 8.04. The lowest BCUT2D eigenvalue weighted by molar-refractivity contribution is -0.128. The molecule has 2 N–H and O–H groups in total. The highest BCUT2D eigenvalue weighted by molar-refractivity contribution is 7.15. The van der Waals surface area contributed by atoms with Gasteiger partial charge in [-0.2, -0.15) is 0 Å². The largest absolute Gasteiger partial charge is 0.356 e. The molecule has 0 bridgehead atoms. The first kappa shape index (κ1) is 15.6. The number of nitrogens with one attached hydrogen (secondary N) is 2. The van der Waals surface area contributed by atoms with Crippen LogP contribution >= 0.6 is 11.3 Å². The number of aromatic nitrogens is 1. The van der Waals surface area contributed by atoms with Crippen LogP contribution in [0, 0.1) is 12.3 Å². The van der Waals surface area contributed by atoms with Gasteiger partial charge >= 0.3 is 0 Å². The highest BCUT2D eigenvalue weighted by atomic mass is 32.1. The summed E-state index contributed by atoms with van der Waals surface area (Å²) in [6, 6.07) is 0. The minimum Gasteiger partial charge on any atom is -0.356 e. The standard InChI is InChI=1S/C13H21N3O2S/c1-9-8-15-12(19-9)16-10(17)6-5-7-14-11(18)13(2,3)4/h8H,5-7H2,1-4H3,(H,14,18)(H,15,16,17). The summed E-state index contributed by atoms with van der Waals surface area (Å²) >= 11 is 1.45. The van der Waals surface area contributed by atoms with Crippen molar-refractivity contribution in [1.82, 2.24) is 10.3 Å². The lowest BCUT2D eigenvalue weighted by Gasteiger charge is -2.17. The number of carbonyl (C=O) groups excluding carboxylic acids is 2. The Hall–Kier alpha value is -1.43. The first-order chi connectivity index (χ1) is 8.79. The average Bonchev–Trinajstić information content (AvgIpc) is 2.68. The van der Waals surface area contributed by atoms with Crippen LogP contribution < -0.4 is 10.6 Å². The number of thiazole rings is 1. The molecule has 0 unspecified atom stereocenters. The Labute approximate surface area is 117 Å². The Morgan fingerprint density at radius 3 is 2.58 bits per heavy atom. The van der Waals surface area contributed by atoms with Crippen LogP contribution in [0.4, 0.5) is 5.13 Å². The van der Waals surface area contributed by atoms with Crippen LogP contribution in [0.2, 0.25) is 0 Å². The molecule has 2 amide bonds. The lowest BCUT2D eigenvalue weighted by atomic mass is 9.96. The van der Waals surface area contributed by atoms with Gasteiger partial charge in [0.15, 0.2) is 5.13 Å². The van der Waals surface area contributed by atoms with E-state index in [1.165, 1.54) is 11.3 Å². The van der Waals surface area contributed by atoms with Gasteiger partial charge in [0.2, 0.25) is 11.8 Å². The van der Waals surface area contributed by atoms with Gasteiger partial charge in [-0.1, -0.05) is 20.8 Å². The third kappa shape index (κ3) is 5.83.